The van der Waals surface area contributed by atoms with Crippen molar-refractivity contribution in [2.45, 2.75) is 23.7 Å². The number of rotatable bonds is 5. The maximum Gasteiger partial charge on any atom is 0.246 e. The lowest BCUT2D eigenvalue weighted by Gasteiger charge is -2.31. The van der Waals surface area contributed by atoms with Crippen LogP contribution >= 0.6 is 0 Å². The van der Waals surface area contributed by atoms with Crippen LogP contribution in [0, 0.1) is 0 Å². The number of hydrogen-bond donors (Lipinski definition) is 0. The van der Waals surface area contributed by atoms with E-state index in [9.17, 15) is 8.42 Å². The van der Waals surface area contributed by atoms with Crippen molar-refractivity contribution in [1.29, 1.82) is 0 Å². The van der Waals surface area contributed by atoms with Crippen LogP contribution in [0.25, 0.3) is 0 Å². The van der Waals surface area contributed by atoms with E-state index in [2.05, 4.69) is 15.1 Å². The Kier molecular flexibility index (Phi) is 5.10. The lowest BCUT2D eigenvalue weighted by atomic mass is 9.96. The van der Waals surface area contributed by atoms with E-state index in [1.807, 2.05) is 30.3 Å². The van der Waals surface area contributed by atoms with Gasteiger partial charge in [-0.3, -0.25) is 9.67 Å². The Morgan fingerprint density at radius 3 is 2.68 bits per heavy atom. The lowest BCUT2D eigenvalue weighted by molar-refractivity contribution is 0.306. The van der Waals surface area contributed by atoms with E-state index in [-0.39, 0.29) is 10.8 Å². The van der Waals surface area contributed by atoms with Crippen LogP contribution < -0.4 is 4.74 Å². The Morgan fingerprint density at radius 1 is 1.14 bits per heavy atom. The summed E-state index contributed by atoms with van der Waals surface area (Å²) < 4.78 is 34.8. The number of aryl methyl sites for hydroxylation is 1. The molecule has 0 spiro atoms. The number of sulfonamides is 1. The van der Waals surface area contributed by atoms with Crippen molar-refractivity contribution in [3.8, 4) is 11.6 Å². The van der Waals surface area contributed by atoms with Gasteiger partial charge in [-0.25, -0.2) is 13.4 Å². The fourth-order valence-corrected chi connectivity index (χ4v) is 4.87. The topological polar surface area (TPSA) is 90.2 Å². The molecule has 146 valence electrons. The highest BCUT2D eigenvalue weighted by Crippen LogP contribution is 2.34. The van der Waals surface area contributed by atoms with Gasteiger partial charge in [0.25, 0.3) is 0 Å². The number of benzene rings is 1. The second-order valence-electron chi connectivity index (χ2n) is 6.71. The molecular weight excluding hydrogens is 378 g/mol. The maximum atomic E-state index is 13.0. The van der Waals surface area contributed by atoms with Gasteiger partial charge in [0.1, 0.15) is 16.3 Å². The standard InChI is InChI=1S/C19H21N5O3S/c1-23-14-17(12-22-23)28(25,26)24-11-5-6-15(13-24)18-19(21-10-9-20-18)27-16-7-3-2-4-8-16/h2-4,7-10,12,14-15H,5-6,11,13H2,1H3/t15-/m1/s1. The monoisotopic (exact) mass is 399 g/mol. The minimum atomic E-state index is -3.59. The van der Waals surface area contributed by atoms with Gasteiger partial charge in [-0.05, 0) is 25.0 Å². The fraction of sp³-hybridized carbons (Fsp3) is 0.316. The first kappa shape index (κ1) is 18.6. The number of ether oxygens (including phenoxy) is 1. The largest absolute Gasteiger partial charge is 0.437 e. The van der Waals surface area contributed by atoms with Gasteiger partial charge >= 0.3 is 0 Å². The summed E-state index contributed by atoms with van der Waals surface area (Å²) in [6, 6.07) is 9.37. The first-order valence-electron chi connectivity index (χ1n) is 9.06. The quantitative estimate of drug-likeness (QED) is 0.655. The molecule has 1 fully saturated rings. The van der Waals surface area contributed by atoms with Gasteiger partial charge < -0.3 is 4.74 Å². The molecule has 1 saturated heterocycles. The van der Waals surface area contributed by atoms with Gasteiger partial charge in [-0.15, -0.1) is 0 Å². The van der Waals surface area contributed by atoms with Crippen LogP contribution in [0.1, 0.15) is 24.5 Å². The second kappa shape index (κ2) is 7.69. The number of piperidine rings is 1. The van der Waals surface area contributed by atoms with E-state index in [4.69, 9.17) is 4.74 Å². The van der Waals surface area contributed by atoms with Gasteiger partial charge in [0.2, 0.25) is 15.9 Å². The zero-order valence-electron chi connectivity index (χ0n) is 15.5. The average Bonchev–Trinajstić information content (AvgIpc) is 3.17. The number of para-hydroxylation sites is 1. The van der Waals surface area contributed by atoms with Crippen LogP contribution in [-0.4, -0.2) is 45.6 Å². The second-order valence-corrected chi connectivity index (χ2v) is 8.65. The summed E-state index contributed by atoms with van der Waals surface area (Å²) in [4.78, 5) is 9.00. The molecular formula is C19H21N5O3S. The molecule has 3 heterocycles. The predicted molar refractivity (Wildman–Crippen MR) is 102 cm³/mol. The summed E-state index contributed by atoms with van der Waals surface area (Å²) in [6.07, 6.45) is 7.65. The SMILES string of the molecule is Cn1cc(S(=O)(=O)N2CCC[C@@H](c3nccnc3Oc3ccccc3)C2)cn1. The van der Waals surface area contributed by atoms with Crippen molar-refractivity contribution in [1.82, 2.24) is 24.1 Å². The molecule has 3 aromatic rings. The molecule has 28 heavy (non-hydrogen) atoms. The molecule has 1 aliphatic heterocycles. The summed E-state index contributed by atoms with van der Waals surface area (Å²) in [7, 11) is -1.89. The maximum absolute atomic E-state index is 13.0. The molecule has 0 aliphatic carbocycles. The van der Waals surface area contributed by atoms with E-state index in [1.54, 1.807) is 19.4 Å². The molecule has 9 heteroatoms. The Bertz CT molecular complexity index is 1050. The van der Waals surface area contributed by atoms with Crippen LogP contribution in [0.4, 0.5) is 0 Å². The Labute approximate surface area is 163 Å². The normalized spacial score (nSPS) is 18.1. The summed E-state index contributed by atoms with van der Waals surface area (Å²) in [5, 5.41) is 3.98. The van der Waals surface area contributed by atoms with E-state index in [0.717, 1.165) is 12.8 Å². The predicted octanol–water partition coefficient (Wildman–Crippen LogP) is 2.57. The van der Waals surface area contributed by atoms with Crippen molar-refractivity contribution in [2.75, 3.05) is 13.1 Å². The van der Waals surface area contributed by atoms with E-state index >= 15 is 0 Å². The fourth-order valence-electron chi connectivity index (χ4n) is 3.36. The molecule has 2 aromatic heterocycles. The van der Waals surface area contributed by atoms with Crippen molar-refractivity contribution in [2.24, 2.45) is 7.05 Å². The molecule has 8 nitrogen and oxygen atoms in total. The first-order valence-corrected chi connectivity index (χ1v) is 10.5. The van der Waals surface area contributed by atoms with Gasteiger partial charge in [0.05, 0.1) is 6.20 Å². The summed E-state index contributed by atoms with van der Waals surface area (Å²) in [5.74, 6) is 0.992. The average molecular weight is 399 g/mol. The molecule has 0 unspecified atom stereocenters. The minimum Gasteiger partial charge on any atom is -0.437 e. The lowest BCUT2D eigenvalue weighted by Crippen LogP contribution is -2.39. The zero-order valence-corrected chi connectivity index (χ0v) is 16.3. The molecule has 1 aliphatic rings. The molecule has 0 amide bonds. The molecule has 0 saturated carbocycles. The van der Waals surface area contributed by atoms with Crippen molar-refractivity contribution in [3.63, 3.8) is 0 Å². The molecule has 0 N–H and O–H groups in total. The highest BCUT2D eigenvalue weighted by Gasteiger charge is 2.33. The first-order chi connectivity index (χ1) is 13.5. The van der Waals surface area contributed by atoms with Crippen LogP contribution in [0.5, 0.6) is 11.6 Å². The Balaban J connectivity index is 1.59. The van der Waals surface area contributed by atoms with Crippen molar-refractivity contribution in [3.05, 3.63) is 60.8 Å². The van der Waals surface area contributed by atoms with Gasteiger partial charge in [0.15, 0.2) is 0 Å². The number of aromatic nitrogens is 4. The Morgan fingerprint density at radius 2 is 1.93 bits per heavy atom. The third kappa shape index (κ3) is 3.76. The van der Waals surface area contributed by atoms with Crippen molar-refractivity contribution < 1.29 is 13.2 Å². The molecule has 4 rings (SSSR count). The zero-order chi connectivity index (χ0) is 19.6. The number of nitrogens with zero attached hydrogens (tertiary/aromatic N) is 5. The third-order valence-electron chi connectivity index (χ3n) is 4.74. The van der Waals surface area contributed by atoms with Gasteiger partial charge in [-0.2, -0.15) is 9.40 Å². The van der Waals surface area contributed by atoms with Crippen molar-refractivity contribution >= 4 is 10.0 Å². The van der Waals surface area contributed by atoms with Gasteiger partial charge in [0, 0.05) is 44.6 Å². The van der Waals surface area contributed by atoms with E-state index in [0.29, 0.717) is 30.4 Å². The molecule has 1 aromatic carbocycles. The van der Waals surface area contributed by atoms with E-state index < -0.39 is 10.0 Å². The van der Waals surface area contributed by atoms with Crippen LogP contribution in [-0.2, 0) is 17.1 Å². The van der Waals surface area contributed by atoms with Crippen LogP contribution in [0.3, 0.4) is 0 Å². The summed E-state index contributed by atoms with van der Waals surface area (Å²) >= 11 is 0. The highest BCUT2D eigenvalue weighted by molar-refractivity contribution is 7.89. The molecule has 0 radical (unpaired) electrons. The van der Waals surface area contributed by atoms with Crippen LogP contribution in [0.15, 0.2) is 60.0 Å². The van der Waals surface area contributed by atoms with E-state index in [1.165, 1.54) is 21.4 Å². The summed E-state index contributed by atoms with van der Waals surface area (Å²) in [6.45, 7) is 0.809. The third-order valence-corrected chi connectivity index (χ3v) is 6.56. The van der Waals surface area contributed by atoms with Gasteiger partial charge in [-0.1, -0.05) is 18.2 Å². The molecule has 0 bridgehead atoms. The number of hydrogen-bond acceptors (Lipinski definition) is 6. The Hall–Kier alpha value is -2.78. The smallest absolute Gasteiger partial charge is 0.246 e. The highest BCUT2D eigenvalue weighted by atomic mass is 32.2. The van der Waals surface area contributed by atoms with Crippen LogP contribution in [0.2, 0.25) is 0 Å². The summed E-state index contributed by atoms with van der Waals surface area (Å²) in [5.41, 5.74) is 0.678. The minimum absolute atomic E-state index is 0.0902. The molecule has 1 atom stereocenters.